The van der Waals surface area contributed by atoms with Gasteiger partial charge in [0.15, 0.2) is 0 Å². The molecule has 3 amide bonds. The summed E-state index contributed by atoms with van der Waals surface area (Å²) in [6, 6.07) is 11.8. The number of hydrogen-bond donors (Lipinski definition) is 2. The van der Waals surface area contributed by atoms with E-state index in [9.17, 15) is 14.7 Å². The summed E-state index contributed by atoms with van der Waals surface area (Å²) in [5.74, 6) is -0.401. The van der Waals surface area contributed by atoms with Crippen molar-refractivity contribution in [2.75, 3.05) is 0 Å². The zero-order valence-electron chi connectivity index (χ0n) is 12.3. The Labute approximate surface area is 155 Å². The van der Waals surface area contributed by atoms with Crippen LogP contribution in [0.5, 0.6) is 5.75 Å². The predicted molar refractivity (Wildman–Crippen MR) is 97.0 cm³/mol. The number of carbonyl (C=O) groups is 2. The molecule has 0 radical (unpaired) electrons. The lowest BCUT2D eigenvalue weighted by Crippen LogP contribution is -2.30. The van der Waals surface area contributed by atoms with E-state index in [1.54, 1.807) is 12.1 Å². The van der Waals surface area contributed by atoms with Gasteiger partial charge in [0, 0.05) is 14.5 Å². The van der Waals surface area contributed by atoms with E-state index in [0.29, 0.717) is 5.56 Å². The molecular weight excluding hydrogens is 440 g/mol. The van der Waals surface area contributed by atoms with Crippen LogP contribution in [0.4, 0.5) is 4.79 Å². The molecule has 1 aliphatic rings. The fourth-order valence-electron chi connectivity index (χ4n) is 2.28. The number of phenols is 1. The van der Waals surface area contributed by atoms with Gasteiger partial charge in [0.25, 0.3) is 5.91 Å². The Kier molecular flexibility index (Phi) is 4.73. The number of halogens is 2. The van der Waals surface area contributed by atoms with Gasteiger partial charge in [-0.05, 0) is 42.0 Å². The molecule has 5 nitrogen and oxygen atoms in total. The molecule has 0 unspecified atom stereocenters. The number of phenolic OH excluding ortho intramolecular Hbond substituents is 1. The molecule has 24 heavy (non-hydrogen) atoms. The smallest absolute Gasteiger partial charge is 0.329 e. The molecule has 0 spiro atoms. The number of hydrogen-bond acceptors (Lipinski definition) is 3. The average Bonchev–Trinajstić information content (AvgIpc) is 2.80. The maximum absolute atomic E-state index is 12.5. The van der Waals surface area contributed by atoms with Crippen molar-refractivity contribution >= 4 is 49.9 Å². The molecule has 0 saturated carbocycles. The molecule has 0 bridgehead atoms. The Balaban J connectivity index is 1.84. The van der Waals surface area contributed by atoms with Crippen LogP contribution >= 0.6 is 31.9 Å². The van der Waals surface area contributed by atoms with Crippen molar-refractivity contribution in [1.29, 1.82) is 0 Å². The van der Waals surface area contributed by atoms with Crippen LogP contribution in [0.1, 0.15) is 11.1 Å². The highest BCUT2D eigenvalue weighted by molar-refractivity contribution is 9.10. The lowest BCUT2D eigenvalue weighted by atomic mass is 10.1. The van der Waals surface area contributed by atoms with Crippen LogP contribution in [0, 0.1) is 0 Å². The van der Waals surface area contributed by atoms with Crippen LogP contribution in [0.3, 0.4) is 0 Å². The Morgan fingerprint density at radius 1 is 1.04 bits per heavy atom. The van der Waals surface area contributed by atoms with E-state index < -0.39 is 11.9 Å². The second-order valence-electron chi connectivity index (χ2n) is 5.21. The number of aromatic hydroxyl groups is 1. The Hall–Kier alpha value is -2.12. The summed E-state index contributed by atoms with van der Waals surface area (Å²) in [5.41, 5.74) is 1.41. The standard InChI is InChI=1S/C17H12Br2N2O3/c18-12-3-1-10(2-4-12)9-21-16(23)14(20-17(21)24)8-11-7-13(19)5-6-15(11)22/h1-8,22H,9H2,(H,20,24)/b14-8+. The molecule has 0 atom stereocenters. The SMILES string of the molecule is O=C1N/C(=C/c2cc(Br)ccc2O)C(=O)N1Cc1ccc(Br)cc1. The van der Waals surface area contributed by atoms with Crippen molar-refractivity contribution in [1.82, 2.24) is 10.2 Å². The number of nitrogens with zero attached hydrogens (tertiary/aromatic N) is 1. The summed E-state index contributed by atoms with van der Waals surface area (Å²) in [5, 5.41) is 12.4. The van der Waals surface area contributed by atoms with Gasteiger partial charge in [0.05, 0.1) is 6.54 Å². The highest BCUT2D eigenvalue weighted by Gasteiger charge is 2.33. The predicted octanol–water partition coefficient (Wildman–Crippen LogP) is 4.01. The summed E-state index contributed by atoms with van der Waals surface area (Å²) < 4.78 is 1.69. The summed E-state index contributed by atoms with van der Waals surface area (Å²) in [6.07, 6.45) is 1.46. The van der Waals surface area contributed by atoms with Gasteiger partial charge < -0.3 is 10.4 Å². The first-order valence-corrected chi connectivity index (χ1v) is 8.60. The Morgan fingerprint density at radius 3 is 2.42 bits per heavy atom. The first-order chi connectivity index (χ1) is 11.4. The number of benzene rings is 2. The number of rotatable bonds is 3. The Bertz CT molecular complexity index is 847. The van der Waals surface area contributed by atoms with E-state index in [1.165, 1.54) is 12.1 Å². The number of carbonyl (C=O) groups excluding carboxylic acids is 2. The van der Waals surface area contributed by atoms with Gasteiger partial charge >= 0.3 is 6.03 Å². The minimum atomic E-state index is -0.483. The second kappa shape index (κ2) is 6.78. The van der Waals surface area contributed by atoms with Gasteiger partial charge in [0.1, 0.15) is 11.4 Å². The molecular formula is C17H12Br2N2O3. The van der Waals surface area contributed by atoms with Crippen molar-refractivity contribution in [2.45, 2.75) is 6.54 Å². The monoisotopic (exact) mass is 450 g/mol. The van der Waals surface area contributed by atoms with Crippen molar-refractivity contribution in [3.8, 4) is 5.75 Å². The summed E-state index contributed by atoms with van der Waals surface area (Å²) in [6.45, 7) is 0.180. The number of urea groups is 1. The van der Waals surface area contributed by atoms with Crippen LogP contribution in [0.25, 0.3) is 6.08 Å². The molecule has 3 rings (SSSR count). The quantitative estimate of drug-likeness (QED) is 0.547. The minimum Gasteiger partial charge on any atom is -0.507 e. The van der Waals surface area contributed by atoms with Crippen molar-refractivity contribution < 1.29 is 14.7 Å². The third kappa shape index (κ3) is 3.52. The topological polar surface area (TPSA) is 69.6 Å². The maximum atomic E-state index is 12.5. The van der Waals surface area contributed by atoms with Crippen LogP contribution in [0.2, 0.25) is 0 Å². The molecule has 1 aliphatic heterocycles. The first kappa shape index (κ1) is 16.7. The summed E-state index contributed by atoms with van der Waals surface area (Å²) in [7, 11) is 0. The largest absolute Gasteiger partial charge is 0.507 e. The van der Waals surface area contributed by atoms with Crippen molar-refractivity contribution in [3.63, 3.8) is 0 Å². The van der Waals surface area contributed by atoms with Crippen LogP contribution in [0.15, 0.2) is 57.1 Å². The normalized spacial score (nSPS) is 15.9. The van der Waals surface area contributed by atoms with Crippen molar-refractivity contribution in [2.24, 2.45) is 0 Å². The van der Waals surface area contributed by atoms with E-state index in [4.69, 9.17) is 0 Å². The highest BCUT2D eigenvalue weighted by Crippen LogP contribution is 2.25. The second-order valence-corrected chi connectivity index (χ2v) is 7.04. The molecule has 122 valence electrons. The molecule has 0 aromatic heterocycles. The van der Waals surface area contributed by atoms with Gasteiger partial charge in [-0.25, -0.2) is 4.79 Å². The third-order valence-electron chi connectivity index (χ3n) is 3.51. The fraction of sp³-hybridized carbons (Fsp3) is 0.0588. The summed E-state index contributed by atoms with van der Waals surface area (Å²) >= 11 is 6.65. The summed E-state index contributed by atoms with van der Waals surface area (Å²) in [4.78, 5) is 25.7. The molecule has 2 N–H and O–H groups in total. The number of imide groups is 1. The molecule has 2 aromatic carbocycles. The minimum absolute atomic E-state index is 0.0270. The van der Waals surface area contributed by atoms with E-state index in [-0.39, 0.29) is 18.0 Å². The Morgan fingerprint density at radius 2 is 1.71 bits per heavy atom. The van der Waals surface area contributed by atoms with Crippen LogP contribution in [-0.4, -0.2) is 21.9 Å². The van der Waals surface area contributed by atoms with E-state index >= 15 is 0 Å². The molecule has 7 heteroatoms. The van der Waals surface area contributed by atoms with Crippen LogP contribution < -0.4 is 5.32 Å². The van der Waals surface area contributed by atoms with E-state index in [2.05, 4.69) is 37.2 Å². The van der Waals surface area contributed by atoms with Gasteiger partial charge in [-0.1, -0.05) is 44.0 Å². The zero-order chi connectivity index (χ0) is 17.3. The molecule has 0 aliphatic carbocycles. The van der Waals surface area contributed by atoms with Crippen LogP contribution in [-0.2, 0) is 11.3 Å². The zero-order valence-corrected chi connectivity index (χ0v) is 15.5. The fourth-order valence-corrected chi connectivity index (χ4v) is 2.93. The maximum Gasteiger partial charge on any atom is 0.329 e. The molecule has 1 saturated heterocycles. The van der Waals surface area contributed by atoms with Gasteiger partial charge in [-0.15, -0.1) is 0 Å². The van der Waals surface area contributed by atoms with E-state index in [0.717, 1.165) is 19.4 Å². The van der Waals surface area contributed by atoms with Gasteiger partial charge in [0.2, 0.25) is 0 Å². The number of nitrogens with one attached hydrogen (secondary N) is 1. The molecule has 2 aromatic rings. The highest BCUT2D eigenvalue weighted by atomic mass is 79.9. The molecule has 1 heterocycles. The van der Waals surface area contributed by atoms with E-state index in [1.807, 2.05) is 24.3 Å². The van der Waals surface area contributed by atoms with Gasteiger partial charge in [-0.2, -0.15) is 0 Å². The average molecular weight is 452 g/mol. The van der Waals surface area contributed by atoms with Gasteiger partial charge in [-0.3, -0.25) is 9.69 Å². The van der Waals surface area contributed by atoms with Crippen molar-refractivity contribution in [3.05, 3.63) is 68.2 Å². The molecule has 1 fully saturated rings. The lowest BCUT2D eigenvalue weighted by molar-refractivity contribution is -0.123. The number of amides is 3. The lowest BCUT2D eigenvalue weighted by Gasteiger charge is -2.11. The third-order valence-corrected chi connectivity index (χ3v) is 4.53. The first-order valence-electron chi connectivity index (χ1n) is 7.01.